The van der Waals surface area contributed by atoms with E-state index >= 15 is 0 Å². The highest BCUT2D eigenvalue weighted by atomic mass is 35.5. The van der Waals surface area contributed by atoms with Crippen LogP contribution < -0.4 is 5.32 Å². The number of nitrogens with one attached hydrogen (secondary N) is 1. The first-order valence-corrected chi connectivity index (χ1v) is 8.29. The average molecular weight is 347 g/mol. The van der Waals surface area contributed by atoms with E-state index in [9.17, 15) is 4.79 Å². The molecule has 1 N–H and O–H groups in total. The Hall–Kier alpha value is -2.34. The number of carbonyl (C=O) groups is 1. The van der Waals surface area contributed by atoms with Crippen molar-refractivity contribution in [1.29, 1.82) is 0 Å². The fourth-order valence-electron chi connectivity index (χ4n) is 2.73. The van der Waals surface area contributed by atoms with Crippen LogP contribution in [0.4, 0.5) is 5.95 Å². The van der Waals surface area contributed by atoms with E-state index in [0.29, 0.717) is 28.8 Å². The number of hydrogen-bond donors (Lipinski definition) is 1. The van der Waals surface area contributed by atoms with E-state index in [1.54, 1.807) is 10.7 Å². The van der Waals surface area contributed by atoms with Crippen molar-refractivity contribution in [1.82, 2.24) is 14.8 Å². The first-order chi connectivity index (χ1) is 11.6. The van der Waals surface area contributed by atoms with Gasteiger partial charge in [0.15, 0.2) is 0 Å². The molecular formula is C17H19ClN4O2. The van der Waals surface area contributed by atoms with Gasteiger partial charge in [0.05, 0.1) is 12.2 Å². The van der Waals surface area contributed by atoms with Crippen LogP contribution in [0.15, 0.2) is 41.9 Å². The van der Waals surface area contributed by atoms with E-state index in [2.05, 4.69) is 22.3 Å². The van der Waals surface area contributed by atoms with Gasteiger partial charge in [-0.05, 0) is 31.0 Å². The molecule has 7 heteroatoms. The molecule has 0 spiro atoms. The Bertz CT molecular complexity index is 784. The zero-order valence-electron chi connectivity index (χ0n) is 13.6. The van der Waals surface area contributed by atoms with Crippen molar-refractivity contribution < 1.29 is 9.53 Å². The van der Waals surface area contributed by atoms with Crippen molar-refractivity contribution in [2.24, 2.45) is 0 Å². The molecule has 6 nitrogen and oxygen atoms in total. The Balaban J connectivity index is 2.02. The number of hydrogen-bond acceptors (Lipinski definition) is 5. The van der Waals surface area contributed by atoms with Crippen LogP contribution >= 0.6 is 11.6 Å². The minimum absolute atomic E-state index is 0.348. The zero-order valence-corrected chi connectivity index (χ0v) is 14.4. The van der Waals surface area contributed by atoms with Crippen LogP contribution in [0.3, 0.4) is 0 Å². The molecule has 1 aromatic carbocycles. The number of benzene rings is 1. The van der Waals surface area contributed by atoms with E-state index < -0.39 is 6.04 Å². The number of aromatic nitrogens is 3. The molecular weight excluding hydrogens is 328 g/mol. The number of ether oxygens (including phenoxy) is 1. The second kappa shape index (κ2) is 7.05. The van der Waals surface area contributed by atoms with Crippen molar-refractivity contribution in [2.75, 3.05) is 11.9 Å². The molecule has 1 aromatic heterocycles. The van der Waals surface area contributed by atoms with Gasteiger partial charge < -0.3 is 10.1 Å². The van der Waals surface area contributed by atoms with Crippen LogP contribution in [0, 0.1) is 0 Å². The van der Waals surface area contributed by atoms with E-state index in [1.807, 2.05) is 25.1 Å². The van der Waals surface area contributed by atoms with Gasteiger partial charge in [-0.25, -0.2) is 9.48 Å². The first-order valence-electron chi connectivity index (χ1n) is 7.91. The molecule has 126 valence electrons. The highest BCUT2D eigenvalue weighted by molar-refractivity contribution is 6.30. The smallest absolute Gasteiger partial charge is 0.338 e. The largest absolute Gasteiger partial charge is 0.462 e. The molecule has 1 aliphatic rings. The Morgan fingerprint density at radius 3 is 3.04 bits per heavy atom. The Morgan fingerprint density at radius 2 is 2.29 bits per heavy atom. The molecule has 0 bridgehead atoms. The molecule has 3 rings (SSSR count). The van der Waals surface area contributed by atoms with Gasteiger partial charge in [-0.15, -0.1) is 0 Å². The molecule has 0 saturated heterocycles. The monoisotopic (exact) mass is 346 g/mol. The Morgan fingerprint density at radius 1 is 1.46 bits per heavy atom. The predicted molar refractivity (Wildman–Crippen MR) is 91.8 cm³/mol. The van der Waals surface area contributed by atoms with Gasteiger partial charge in [0.1, 0.15) is 12.4 Å². The number of esters is 1. The van der Waals surface area contributed by atoms with Crippen LogP contribution in [0.2, 0.25) is 5.02 Å². The summed E-state index contributed by atoms with van der Waals surface area (Å²) in [5.41, 5.74) is 2.09. The minimum Gasteiger partial charge on any atom is -0.462 e. The van der Waals surface area contributed by atoms with Crippen molar-refractivity contribution >= 4 is 23.5 Å². The van der Waals surface area contributed by atoms with E-state index in [0.717, 1.165) is 18.4 Å². The topological polar surface area (TPSA) is 69.0 Å². The Kier molecular flexibility index (Phi) is 4.85. The van der Waals surface area contributed by atoms with Gasteiger partial charge in [0, 0.05) is 10.7 Å². The van der Waals surface area contributed by atoms with Crippen molar-refractivity contribution in [3.05, 3.63) is 52.4 Å². The number of unbranched alkanes of at least 4 members (excludes halogenated alkanes) is 1. The number of nitrogens with zero attached hydrogens (tertiary/aromatic N) is 3. The summed E-state index contributed by atoms with van der Waals surface area (Å²) in [6.07, 6.45) is 3.26. The standard InChI is InChI=1S/C17H19ClN4O2/c1-3-4-8-24-16(23)14-11(2)21-17-19-10-20-22(17)15(14)12-6-5-7-13(18)9-12/h5-7,9-10,15H,3-4,8H2,1-2H3,(H,19,20,21)/t15-/m1/s1. The molecule has 0 fully saturated rings. The lowest BCUT2D eigenvalue weighted by Crippen LogP contribution is -2.29. The molecule has 1 atom stereocenters. The number of fused-ring (bicyclic) bond motifs is 1. The molecule has 0 radical (unpaired) electrons. The van der Waals surface area contributed by atoms with E-state index in [1.165, 1.54) is 6.33 Å². The summed E-state index contributed by atoms with van der Waals surface area (Å²) in [5.74, 6) is 0.238. The van der Waals surface area contributed by atoms with Gasteiger partial charge in [-0.2, -0.15) is 10.1 Å². The lowest BCUT2D eigenvalue weighted by Gasteiger charge is -2.28. The molecule has 2 aromatic rings. The maximum atomic E-state index is 12.7. The molecule has 0 amide bonds. The summed E-state index contributed by atoms with van der Waals surface area (Å²) in [7, 11) is 0. The second-order valence-corrected chi connectivity index (χ2v) is 6.08. The van der Waals surface area contributed by atoms with Crippen LogP contribution in [0.25, 0.3) is 0 Å². The van der Waals surface area contributed by atoms with Crippen molar-refractivity contribution in [3.63, 3.8) is 0 Å². The second-order valence-electron chi connectivity index (χ2n) is 5.64. The fraction of sp³-hybridized carbons (Fsp3) is 0.353. The van der Waals surface area contributed by atoms with Crippen LogP contribution in [-0.2, 0) is 9.53 Å². The maximum absolute atomic E-state index is 12.7. The van der Waals surface area contributed by atoms with Crippen LogP contribution in [0.1, 0.15) is 38.3 Å². The van der Waals surface area contributed by atoms with Gasteiger partial charge >= 0.3 is 5.97 Å². The molecule has 2 heterocycles. The molecule has 1 aliphatic heterocycles. The zero-order chi connectivity index (χ0) is 17.1. The maximum Gasteiger partial charge on any atom is 0.338 e. The number of rotatable bonds is 5. The number of carbonyl (C=O) groups excluding carboxylic acids is 1. The molecule has 0 saturated carbocycles. The van der Waals surface area contributed by atoms with Crippen molar-refractivity contribution in [2.45, 2.75) is 32.7 Å². The normalized spacial score (nSPS) is 16.5. The van der Waals surface area contributed by atoms with E-state index in [4.69, 9.17) is 16.3 Å². The third kappa shape index (κ3) is 3.14. The first kappa shape index (κ1) is 16.5. The quantitative estimate of drug-likeness (QED) is 0.662. The van der Waals surface area contributed by atoms with Crippen LogP contribution in [-0.4, -0.2) is 27.3 Å². The summed E-state index contributed by atoms with van der Waals surface area (Å²) < 4.78 is 7.11. The fourth-order valence-corrected chi connectivity index (χ4v) is 2.93. The van der Waals surface area contributed by atoms with Gasteiger partial charge in [0.25, 0.3) is 0 Å². The third-order valence-electron chi connectivity index (χ3n) is 3.91. The number of allylic oxidation sites excluding steroid dienone is 1. The summed E-state index contributed by atoms with van der Waals surface area (Å²) in [4.78, 5) is 16.9. The summed E-state index contributed by atoms with van der Waals surface area (Å²) in [5, 5.41) is 7.98. The summed E-state index contributed by atoms with van der Waals surface area (Å²) in [6.45, 7) is 4.29. The van der Waals surface area contributed by atoms with Gasteiger partial charge in [-0.1, -0.05) is 37.1 Å². The van der Waals surface area contributed by atoms with Gasteiger partial charge in [-0.3, -0.25) is 0 Å². The number of halogens is 1. The Labute approximate surface area is 145 Å². The minimum atomic E-state index is -0.420. The van der Waals surface area contributed by atoms with Gasteiger partial charge in [0.2, 0.25) is 5.95 Å². The van der Waals surface area contributed by atoms with E-state index in [-0.39, 0.29) is 5.97 Å². The highest BCUT2D eigenvalue weighted by Crippen LogP contribution is 2.35. The van der Waals surface area contributed by atoms with Crippen molar-refractivity contribution in [3.8, 4) is 0 Å². The predicted octanol–water partition coefficient (Wildman–Crippen LogP) is 3.56. The highest BCUT2D eigenvalue weighted by Gasteiger charge is 2.34. The SMILES string of the molecule is CCCCOC(=O)C1=C(C)Nc2ncnn2[C@@H]1c1cccc(Cl)c1. The number of anilines is 1. The lowest BCUT2D eigenvalue weighted by molar-refractivity contribution is -0.139. The summed E-state index contributed by atoms with van der Waals surface area (Å²) >= 11 is 6.14. The summed E-state index contributed by atoms with van der Waals surface area (Å²) in [6, 6.07) is 6.97. The average Bonchev–Trinajstić information content (AvgIpc) is 3.01. The third-order valence-corrected chi connectivity index (χ3v) is 4.14. The molecule has 0 aliphatic carbocycles. The molecule has 0 unspecified atom stereocenters. The lowest BCUT2D eigenvalue weighted by atomic mass is 9.96. The molecule has 24 heavy (non-hydrogen) atoms. The van der Waals surface area contributed by atoms with Crippen LogP contribution in [0.5, 0.6) is 0 Å².